The third-order valence-corrected chi connectivity index (χ3v) is 5.69. The predicted molar refractivity (Wildman–Crippen MR) is 145 cm³/mol. The topological polar surface area (TPSA) is 63.2 Å². The van der Waals surface area contributed by atoms with Crippen LogP contribution in [-0.2, 0) is 23.7 Å². The van der Waals surface area contributed by atoms with Crippen molar-refractivity contribution < 1.29 is 28.5 Å². The van der Waals surface area contributed by atoms with Gasteiger partial charge in [-0.05, 0) is 44.6 Å². The first-order valence-corrected chi connectivity index (χ1v) is 14.0. The number of ether oxygens (including phenoxy) is 5. The SMILES string of the molecule is C=CC(=O)Oc1ccccc1C(CCCCCCCC(OCCC)(OCCC)OCCC)OCCC. The molecule has 0 aliphatic carbocycles. The van der Waals surface area contributed by atoms with Crippen molar-refractivity contribution in [1.29, 1.82) is 0 Å². The number of rotatable bonds is 23. The summed E-state index contributed by atoms with van der Waals surface area (Å²) in [6, 6.07) is 7.61. The standard InChI is InChI=1S/C30H50O6/c1-6-22-32-27(26-18-15-16-20-28(26)36-29(31)10-5)19-14-12-11-13-17-21-30(33-23-7-2,34-24-8-3)35-25-9-4/h10,15-16,18,20,27H,5-9,11-14,17,19,21-25H2,1-4H3. The zero-order valence-corrected chi connectivity index (χ0v) is 23.2. The average molecular weight is 507 g/mol. The monoisotopic (exact) mass is 506 g/mol. The molecule has 0 fully saturated rings. The Morgan fingerprint density at radius 2 is 1.39 bits per heavy atom. The van der Waals surface area contributed by atoms with Gasteiger partial charge in [0.05, 0.1) is 25.9 Å². The average Bonchev–Trinajstić information content (AvgIpc) is 2.90. The first kappa shape index (κ1) is 32.3. The normalized spacial score (nSPS) is 12.4. The molecular formula is C30H50O6. The van der Waals surface area contributed by atoms with Crippen molar-refractivity contribution in [3.8, 4) is 5.75 Å². The Bertz CT molecular complexity index is 683. The number of para-hydroxylation sites is 1. The molecule has 0 saturated heterocycles. The van der Waals surface area contributed by atoms with Gasteiger partial charge in [0, 0.05) is 24.7 Å². The first-order valence-electron chi connectivity index (χ1n) is 14.0. The molecular weight excluding hydrogens is 456 g/mol. The van der Waals surface area contributed by atoms with E-state index < -0.39 is 11.9 Å². The minimum atomic E-state index is -0.909. The molecule has 1 unspecified atom stereocenters. The Labute approximate surface area is 219 Å². The van der Waals surface area contributed by atoms with E-state index in [1.165, 1.54) is 6.08 Å². The van der Waals surface area contributed by atoms with Gasteiger partial charge >= 0.3 is 5.97 Å². The van der Waals surface area contributed by atoms with Gasteiger partial charge in [-0.15, -0.1) is 0 Å². The lowest BCUT2D eigenvalue weighted by Gasteiger charge is -2.33. The summed E-state index contributed by atoms with van der Waals surface area (Å²) >= 11 is 0. The van der Waals surface area contributed by atoms with Gasteiger partial charge in [0.15, 0.2) is 0 Å². The number of hydrogen-bond donors (Lipinski definition) is 0. The number of benzene rings is 1. The van der Waals surface area contributed by atoms with E-state index in [1.807, 2.05) is 24.3 Å². The van der Waals surface area contributed by atoms with Gasteiger partial charge in [-0.3, -0.25) is 0 Å². The van der Waals surface area contributed by atoms with Gasteiger partial charge in [0.1, 0.15) is 5.75 Å². The Balaban J connectivity index is 2.59. The molecule has 1 rings (SSSR count). The summed E-state index contributed by atoms with van der Waals surface area (Å²) in [6.07, 6.45) is 11.8. The van der Waals surface area contributed by atoms with E-state index in [0.29, 0.717) is 32.2 Å². The van der Waals surface area contributed by atoms with Gasteiger partial charge in [-0.2, -0.15) is 0 Å². The van der Waals surface area contributed by atoms with Crippen LogP contribution in [0.25, 0.3) is 0 Å². The molecule has 0 spiro atoms. The zero-order valence-electron chi connectivity index (χ0n) is 23.2. The Morgan fingerprint density at radius 1 is 0.833 bits per heavy atom. The second-order valence-electron chi connectivity index (χ2n) is 9.06. The van der Waals surface area contributed by atoms with Crippen molar-refractivity contribution in [2.75, 3.05) is 26.4 Å². The molecule has 1 aromatic rings. The molecule has 206 valence electrons. The number of esters is 1. The molecule has 6 nitrogen and oxygen atoms in total. The van der Waals surface area contributed by atoms with Crippen LogP contribution in [0, 0.1) is 0 Å². The molecule has 0 radical (unpaired) electrons. The van der Waals surface area contributed by atoms with Crippen LogP contribution in [0.3, 0.4) is 0 Å². The molecule has 0 aliphatic rings. The van der Waals surface area contributed by atoms with Crippen LogP contribution in [0.1, 0.15) is 110 Å². The van der Waals surface area contributed by atoms with E-state index in [9.17, 15) is 4.79 Å². The van der Waals surface area contributed by atoms with E-state index in [2.05, 4.69) is 34.3 Å². The smallest absolute Gasteiger partial charge is 0.335 e. The summed E-state index contributed by atoms with van der Waals surface area (Å²) in [5.74, 6) is -0.819. The molecule has 0 aromatic heterocycles. The molecule has 1 atom stereocenters. The lowest BCUT2D eigenvalue weighted by atomic mass is 10.0. The van der Waals surface area contributed by atoms with E-state index in [4.69, 9.17) is 23.7 Å². The largest absolute Gasteiger partial charge is 0.423 e. The molecule has 1 aromatic carbocycles. The van der Waals surface area contributed by atoms with Crippen LogP contribution in [0.2, 0.25) is 0 Å². The molecule has 0 N–H and O–H groups in total. The van der Waals surface area contributed by atoms with E-state index in [-0.39, 0.29) is 6.10 Å². The quantitative estimate of drug-likeness (QED) is 0.0494. The molecule has 6 heteroatoms. The summed E-state index contributed by atoms with van der Waals surface area (Å²) in [6.45, 7) is 14.5. The maximum absolute atomic E-state index is 11.8. The fourth-order valence-corrected chi connectivity index (χ4v) is 3.89. The number of carbonyl (C=O) groups excluding carboxylic acids is 1. The molecule has 0 aliphatic heterocycles. The third kappa shape index (κ3) is 13.0. The fraction of sp³-hybridized carbons (Fsp3) is 0.700. The summed E-state index contributed by atoms with van der Waals surface area (Å²) in [7, 11) is 0. The second kappa shape index (κ2) is 20.3. The van der Waals surface area contributed by atoms with Crippen molar-refractivity contribution in [1.82, 2.24) is 0 Å². The van der Waals surface area contributed by atoms with Crippen LogP contribution < -0.4 is 4.74 Å². The summed E-state index contributed by atoms with van der Waals surface area (Å²) in [5.41, 5.74) is 0.917. The van der Waals surface area contributed by atoms with Crippen LogP contribution in [-0.4, -0.2) is 38.4 Å². The second-order valence-corrected chi connectivity index (χ2v) is 9.06. The maximum Gasteiger partial charge on any atom is 0.335 e. The molecule has 36 heavy (non-hydrogen) atoms. The number of carbonyl (C=O) groups is 1. The Kier molecular flexibility index (Phi) is 18.3. The predicted octanol–water partition coefficient (Wildman–Crippen LogP) is 7.91. The summed E-state index contributed by atoms with van der Waals surface area (Å²) in [4.78, 5) is 11.8. The summed E-state index contributed by atoms with van der Waals surface area (Å²) < 4.78 is 29.8. The lowest BCUT2D eigenvalue weighted by Crippen LogP contribution is -2.40. The fourth-order valence-electron chi connectivity index (χ4n) is 3.89. The highest BCUT2D eigenvalue weighted by Gasteiger charge is 2.32. The van der Waals surface area contributed by atoms with Gasteiger partial charge < -0.3 is 23.7 Å². The third-order valence-electron chi connectivity index (χ3n) is 5.69. The zero-order chi connectivity index (χ0) is 26.5. The van der Waals surface area contributed by atoms with Crippen molar-refractivity contribution in [3.63, 3.8) is 0 Å². The highest BCUT2D eigenvalue weighted by Crippen LogP contribution is 2.32. The Morgan fingerprint density at radius 3 is 1.97 bits per heavy atom. The molecule has 0 saturated carbocycles. The van der Waals surface area contributed by atoms with Crippen LogP contribution in [0.5, 0.6) is 5.75 Å². The summed E-state index contributed by atoms with van der Waals surface area (Å²) in [5, 5.41) is 0. The lowest BCUT2D eigenvalue weighted by molar-refractivity contribution is -0.383. The molecule has 0 bridgehead atoms. The van der Waals surface area contributed by atoms with Gasteiger partial charge in [0.2, 0.25) is 0 Å². The maximum atomic E-state index is 11.8. The van der Waals surface area contributed by atoms with Crippen molar-refractivity contribution in [2.24, 2.45) is 0 Å². The van der Waals surface area contributed by atoms with Crippen molar-refractivity contribution in [3.05, 3.63) is 42.5 Å². The van der Waals surface area contributed by atoms with Gasteiger partial charge in [-0.1, -0.05) is 78.2 Å². The minimum absolute atomic E-state index is 0.0984. The highest BCUT2D eigenvalue weighted by molar-refractivity contribution is 5.83. The van der Waals surface area contributed by atoms with Gasteiger partial charge in [0.25, 0.3) is 5.97 Å². The first-order chi connectivity index (χ1) is 17.6. The van der Waals surface area contributed by atoms with E-state index in [1.54, 1.807) is 0 Å². The highest BCUT2D eigenvalue weighted by atomic mass is 16.9. The van der Waals surface area contributed by atoms with Crippen LogP contribution >= 0.6 is 0 Å². The number of unbranched alkanes of at least 4 members (excludes halogenated alkanes) is 4. The van der Waals surface area contributed by atoms with Crippen LogP contribution in [0.15, 0.2) is 36.9 Å². The van der Waals surface area contributed by atoms with E-state index in [0.717, 1.165) is 76.2 Å². The van der Waals surface area contributed by atoms with Crippen molar-refractivity contribution in [2.45, 2.75) is 110 Å². The minimum Gasteiger partial charge on any atom is -0.423 e. The van der Waals surface area contributed by atoms with E-state index >= 15 is 0 Å². The molecule has 0 heterocycles. The number of hydrogen-bond acceptors (Lipinski definition) is 6. The van der Waals surface area contributed by atoms with Crippen LogP contribution in [0.4, 0.5) is 0 Å². The molecule has 0 amide bonds. The Hall–Kier alpha value is -1.73. The van der Waals surface area contributed by atoms with Crippen molar-refractivity contribution >= 4 is 5.97 Å². The van der Waals surface area contributed by atoms with Gasteiger partial charge in [-0.25, -0.2) is 4.79 Å².